The van der Waals surface area contributed by atoms with Gasteiger partial charge in [0.1, 0.15) is 0 Å². The molecule has 0 fully saturated rings. The number of thiophene rings is 1. The predicted octanol–water partition coefficient (Wildman–Crippen LogP) is 3.98. The molecule has 102 valence electrons. The Kier molecular flexibility index (Phi) is 5.00. The maximum Gasteiger partial charge on any atom is 0.0494 e. The van der Waals surface area contributed by atoms with E-state index in [1.54, 1.807) is 0 Å². The molecule has 0 saturated heterocycles. The standard InChI is InChI=1S/C16H22N2S/c1-4-14-9-10-15(19-14)11-17-16-8-6-5-7-13(16)12-18(2)3/h5-10,17H,4,11-12H2,1-3H3. The van der Waals surface area contributed by atoms with Crippen molar-refractivity contribution in [3.63, 3.8) is 0 Å². The Hall–Kier alpha value is -1.32. The lowest BCUT2D eigenvalue weighted by Crippen LogP contribution is -2.12. The fourth-order valence-corrected chi connectivity index (χ4v) is 2.96. The van der Waals surface area contributed by atoms with Crippen molar-refractivity contribution < 1.29 is 0 Å². The van der Waals surface area contributed by atoms with Gasteiger partial charge in [-0.1, -0.05) is 25.1 Å². The van der Waals surface area contributed by atoms with Crippen LogP contribution >= 0.6 is 11.3 Å². The topological polar surface area (TPSA) is 15.3 Å². The summed E-state index contributed by atoms with van der Waals surface area (Å²) >= 11 is 1.90. The molecule has 0 aliphatic carbocycles. The van der Waals surface area contributed by atoms with Crippen LogP contribution in [0.3, 0.4) is 0 Å². The van der Waals surface area contributed by atoms with Crippen LogP contribution in [0.25, 0.3) is 0 Å². The predicted molar refractivity (Wildman–Crippen MR) is 84.9 cm³/mol. The Morgan fingerprint density at radius 3 is 2.47 bits per heavy atom. The average molecular weight is 274 g/mol. The summed E-state index contributed by atoms with van der Waals surface area (Å²) in [5.41, 5.74) is 2.59. The molecule has 1 aromatic carbocycles. The zero-order chi connectivity index (χ0) is 13.7. The van der Waals surface area contributed by atoms with Crippen LogP contribution in [-0.2, 0) is 19.5 Å². The molecule has 1 aromatic heterocycles. The summed E-state index contributed by atoms with van der Waals surface area (Å²) in [5.74, 6) is 0. The van der Waals surface area contributed by atoms with E-state index in [1.165, 1.54) is 21.0 Å². The van der Waals surface area contributed by atoms with Crippen molar-refractivity contribution in [2.45, 2.75) is 26.4 Å². The normalized spacial score (nSPS) is 10.9. The molecule has 0 bridgehead atoms. The molecular formula is C16H22N2S. The first kappa shape index (κ1) is 14.1. The van der Waals surface area contributed by atoms with Gasteiger partial charge in [-0.3, -0.25) is 0 Å². The molecule has 0 aliphatic heterocycles. The van der Waals surface area contributed by atoms with Crippen molar-refractivity contribution in [2.24, 2.45) is 0 Å². The third kappa shape index (κ3) is 4.08. The van der Waals surface area contributed by atoms with Crippen molar-refractivity contribution in [3.05, 3.63) is 51.7 Å². The van der Waals surface area contributed by atoms with Crippen LogP contribution in [0.5, 0.6) is 0 Å². The summed E-state index contributed by atoms with van der Waals surface area (Å²) < 4.78 is 0. The first-order valence-corrected chi connectivity index (χ1v) is 7.54. The molecule has 0 atom stereocenters. The van der Waals surface area contributed by atoms with Gasteiger partial charge in [-0.2, -0.15) is 0 Å². The van der Waals surface area contributed by atoms with Crippen LogP contribution in [0, 0.1) is 0 Å². The zero-order valence-electron chi connectivity index (χ0n) is 11.9. The Morgan fingerprint density at radius 1 is 1.05 bits per heavy atom. The summed E-state index contributed by atoms with van der Waals surface area (Å²) in [6.45, 7) is 4.08. The van der Waals surface area contributed by atoms with Crippen LogP contribution in [0.2, 0.25) is 0 Å². The lowest BCUT2D eigenvalue weighted by atomic mass is 10.1. The molecule has 3 heteroatoms. The molecule has 1 N–H and O–H groups in total. The molecule has 2 nitrogen and oxygen atoms in total. The molecule has 2 rings (SSSR count). The van der Waals surface area contributed by atoms with Crippen LogP contribution in [0.15, 0.2) is 36.4 Å². The number of nitrogens with zero attached hydrogens (tertiary/aromatic N) is 1. The highest BCUT2D eigenvalue weighted by molar-refractivity contribution is 7.12. The summed E-state index contributed by atoms with van der Waals surface area (Å²) in [6.07, 6.45) is 1.13. The van der Waals surface area contributed by atoms with Crippen molar-refractivity contribution in [2.75, 3.05) is 19.4 Å². The highest BCUT2D eigenvalue weighted by Gasteiger charge is 2.04. The van der Waals surface area contributed by atoms with Gasteiger partial charge in [0.2, 0.25) is 0 Å². The molecule has 0 saturated carbocycles. The molecule has 0 amide bonds. The van der Waals surface area contributed by atoms with Gasteiger partial charge in [-0.25, -0.2) is 0 Å². The molecule has 2 aromatic rings. The summed E-state index contributed by atoms with van der Waals surface area (Å²) in [7, 11) is 4.20. The van der Waals surface area contributed by atoms with Crippen LogP contribution in [0.1, 0.15) is 22.2 Å². The number of nitrogens with one attached hydrogen (secondary N) is 1. The fraction of sp³-hybridized carbons (Fsp3) is 0.375. The van der Waals surface area contributed by atoms with E-state index in [0.29, 0.717) is 0 Å². The number of anilines is 1. The van der Waals surface area contributed by atoms with E-state index in [1.807, 2.05) is 11.3 Å². The van der Waals surface area contributed by atoms with Gasteiger partial charge in [0.05, 0.1) is 0 Å². The summed E-state index contributed by atoms with van der Waals surface area (Å²) in [6, 6.07) is 13.0. The third-order valence-corrected chi connectivity index (χ3v) is 4.25. The second kappa shape index (κ2) is 6.73. The molecule has 0 aliphatic rings. The maximum absolute atomic E-state index is 3.56. The minimum atomic E-state index is 0.912. The van der Waals surface area contributed by atoms with Gasteiger partial charge in [-0.15, -0.1) is 11.3 Å². The van der Waals surface area contributed by atoms with E-state index in [-0.39, 0.29) is 0 Å². The Morgan fingerprint density at radius 2 is 1.79 bits per heavy atom. The van der Waals surface area contributed by atoms with Gasteiger partial charge >= 0.3 is 0 Å². The van der Waals surface area contributed by atoms with E-state index in [4.69, 9.17) is 0 Å². The molecule has 0 spiro atoms. The summed E-state index contributed by atoms with van der Waals surface area (Å²) in [4.78, 5) is 5.05. The summed E-state index contributed by atoms with van der Waals surface area (Å²) in [5, 5.41) is 3.56. The van der Waals surface area contributed by atoms with Crippen molar-refractivity contribution >= 4 is 17.0 Å². The van der Waals surface area contributed by atoms with E-state index < -0.39 is 0 Å². The van der Waals surface area contributed by atoms with Gasteiger partial charge in [0, 0.05) is 28.5 Å². The minimum Gasteiger partial charge on any atom is -0.380 e. The van der Waals surface area contributed by atoms with Crippen LogP contribution in [-0.4, -0.2) is 19.0 Å². The number of benzene rings is 1. The SMILES string of the molecule is CCc1ccc(CNc2ccccc2CN(C)C)s1. The molecule has 19 heavy (non-hydrogen) atoms. The maximum atomic E-state index is 3.56. The fourth-order valence-electron chi connectivity index (χ4n) is 2.06. The number of hydrogen-bond donors (Lipinski definition) is 1. The number of para-hydroxylation sites is 1. The monoisotopic (exact) mass is 274 g/mol. The van der Waals surface area contributed by atoms with E-state index >= 15 is 0 Å². The van der Waals surface area contributed by atoms with Gasteiger partial charge in [0.15, 0.2) is 0 Å². The quantitative estimate of drug-likeness (QED) is 0.857. The molecular weight excluding hydrogens is 252 g/mol. The Balaban J connectivity index is 2.02. The van der Waals surface area contributed by atoms with Gasteiger partial charge in [-0.05, 0) is 44.3 Å². The Labute approximate surface area is 120 Å². The van der Waals surface area contributed by atoms with Crippen molar-refractivity contribution in [1.82, 2.24) is 4.90 Å². The van der Waals surface area contributed by atoms with E-state index in [2.05, 4.69) is 67.6 Å². The lowest BCUT2D eigenvalue weighted by molar-refractivity contribution is 0.403. The lowest BCUT2D eigenvalue weighted by Gasteiger charge is -2.15. The average Bonchev–Trinajstić information content (AvgIpc) is 2.85. The van der Waals surface area contributed by atoms with Gasteiger partial charge in [0.25, 0.3) is 0 Å². The number of aryl methyl sites for hydroxylation is 1. The molecule has 1 heterocycles. The van der Waals surface area contributed by atoms with Crippen molar-refractivity contribution in [1.29, 1.82) is 0 Å². The number of hydrogen-bond acceptors (Lipinski definition) is 3. The highest BCUT2D eigenvalue weighted by atomic mass is 32.1. The minimum absolute atomic E-state index is 0.912. The van der Waals surface area contributed by atoms with Crippen LogP contribution < -0.4 is 5.32 Å². The van der Waals surface area contributed by atoms with E-state index in [0.717, 1.165) is 19.5 Å². The first-order valence-electron chi connectivity index (χ1n) is 6.73. The second-order valence-corrected chi connectivity index (χ2v) is 6.22. The van der Waals surface area contributed by atoms with Crippen molar-refractivity contribution in [3.8, 4) is 0 Å². The molecule has 0 radical (unpaired) electrons. The highest BCUT2D eigenvalue weighted by Crippen LogP contribution is 2.21. The van der Waals surface area contributed by atoms with Gasteiger partial charge < -0.3 is 10.2 Å². The van der Waals surface area contributed by atoms with Crippen LogP contribution in [0.4, 0.5) is 5.69 Å². The Bertz CT molecular complexity index is 517. The smallest absolute Gasteiger partial charge is 0.0494 e. The molecule has 0 unspecified atom stereocenters. The largest absolute Gasteiger partial charge is 0.380 e. The third-order valence-electron chi connectivity index (χ3n) is 3.02. The van der Waals surface area contributed by atoms with E-state index in [9.17, 15) is 0 Å². The first-order chi connectivity index (χ1) is 9.19. The number of rotatable bonds is 6. The second-order valence-electron chi connectivity index (χ2n) is 4.97. The zero-order valence-corrected chi connectivity index (χ0v) is 12.8.